The van der Waals surface area contributed by atoms with Crippen molar-refractivity contribution in [2.75, 3.05) is 6.61 Å². The van der Waals surface area contributed by atoms with Gasteiger partial charge in [0.15, 0.2) is 12.6 Å². The highest BCUT2D eigenvalue weighted by Gasteiger charge is 2.46. The van der Waals surface area contributed by atoms with Crippen LogP contribution in [0, 0.1) is 0 Å². The highest BCUT2D eigenvalue weighted by molar-refractivity contribution is 5.73. The van der Waals surface area contributed by atoms with Crippen molar-refractivity contribution < 1.29 is 49.6 Å². The molecule has 0 radical (unpaired) electrons. The molecule has 2 heterocycles. The summed E-state index contributed by atoms with van der Waals surface area (Å²) in [6.45, 7) is 2.27. The molecule has 0 unspecified atom stereocenters. The lowest BCUT2D eigenvalue weighted by Gasteiger charge is -2.42. The van der Waals surface area contributed by atoms with Gasteiger partial charge in [0.1, 0.15) is 42.7 Å². The SMILES string of the molecule is CC(=O)N[C@@H]1[C@@H](O)[C@H](O)[C@@H](CO[C@@H]2O[C@@H](C)[C@@H](O)[C@@H](O)[C@@H]2O)O[C@@H]1O. The standard InChI is InChI=1S/C14H25NO10/c1-4-8(17)11(20)12(21)14(24-4)23-3-6-9(18)10(19)7(13(22)25-6)15-5(2)16/h4,6-14,17-22H,3H2,1-2H3,(H,15,16)/t4-,6+,7+,8+,9+,10+,11+,12-,13-,14+/m0/s1. The molecule has 0 aromatic carbocycles. The lowest BCUT2D eigenvalue weighted by Crippen LogP contribution is -2.64. The first-order valence-corrected chi connectivity index (χ1v) is 7.91. The summed E-state index contributed by atoms with van der Waals surface area (Å²) >= 11 is 0. The molecule has 0 bridgehead atoms. The van der Waals surface area contributed by atoms with Crippen LogP contribution >= 0.6 is 0 Å². The second kappa shape index (κ2) is 8.20. The van der Waals surface area contributed by atoms with Crippen LogP contribution in [-0.2, 0) is 19.0 Å². The molecule has 2 fully saturated rings. The van der Waals surface area contributed by atoms with Gasteiger partial charge in [-0.05, 0) is 6.92 Å². The molecule has 10 atom stereocenters. The van der Waals surface area contributed by atoms with Crippen LogP contribution in [0.1, 0.15) is 13.8 Å². The molecule has 0 saturated carbocycles. The third kappa shape index (κ3) is 4.45. The fourth-order valence-corrected chi connectivity index (χ4v) is 2.82. The molecular weight excluding hydrogens is 342 g/mol. The van der Waals surface area contributed by atoms with E-state index < -0.39 is 67.3 Å². The van der Waals surface area contributed by atoms with Gasteiger partial charge in [-0.3, -0.25) is 4.79 Å². The minimum absolute atomic E-state index is 0.390. The largest absolute Gasteiger partial charge is 0.388 e. The quantitative estimate of drug-likeness (QED) is 0.257. The molecule has 7 N–H and O–H groups in total. The Balaban J connectivity index is 1.94. The molecule has 1 amide bonds. The van der Waals surface area contributed by atoms with E-state index >= 15 is 0 Å². The van der Waals surface area contributed by atoms with Crippen molar-refractivity contribution in [3.63, 3.8) is 0 Å². The molecule has 11 nitrogen and oxygen atoms in total. The smallest absolute Gasteiger partial charge is 0.217 e. The zero-order valence-electron chi connectivity index (χ0n) is 13.8. The summed E-state index contributed by atoms with van der Waals surface area (Å²) in [5.41, 5.74) is 0. The molecule has 0 spiro atoms. The summed E-state index contributed by atoms with van der Waals surface area (Å²) in [6, 6.07) is -1.21. The van der Waals surface area contributed by atoms with Crippen LogP contribution in [-0.4, -0.2) is 105 Å². The van der Waals surface area contributed by atoms with Crippen LogP contribution < -0.4 is 5.32 Å². The Morgan fingerprint density at radius 2 is 1.60 bits per heavy atom. The predicted molar refractivity (Wildman–Crippen MR) is 78.8 cm³/mol. The second-order valence-electron chi connectivity index (χ2n) is 6.29. The van der Waals surface area contributed by atoms with Gasteiger partial charge < -0.3 is 50.2 Å². The molecule has 146 valence electrons. The topological polar surface area (TPSA) is 178 Å². The van der Waals surface area contributed by atoms with Crippen LogP contribution in [0.25, 0.3) is 0 Å². The molecule has 25 heavy (non-hydrogen) atoms. The lowest BCUT2D eigenvalue weighted by atomic mass is 9.97. The van der Waals surface area contributed by atoms with Crippen LogP contribution in [0.2, 0.25) is 0 Å². The van der Waals surface area contributed by atoms with E-state index in [-0.39, 0.29) is 6.61 Å². The first-order valence-electron chi connectivity index (χ1n) is 7.91. The normalized spacial score (nSPS) is 48.2. The Bertz CT molecular complexity index is 465. The molecule has 2 aliphatic heterocycles. The van der Waals surface area contributed by atoms with E-state index in [0.717, 1.165) is 0 Å². The van der Waals surface area contributed by atoms with Gasteiger partial charge >= 0.3 is 0 Å². The minimum Gasteiger partial charge on any atom is -0.388 e. The summed E-state index contributed by atoms with van der Waals surface area (Å²) < 4.78 is 15.6. The minimum atomic E-state index is -1.58. The average Bonchev–Trinajstić information content (AvgIpc) is 2.55. The third-order valence-electron chi connectivity index (χ3n) is 4.32. The van der Waals surface area contributed by atoms with Gasteiger partial charge in [0, 0.05) is 6.92 Å². The van der Waals surface area contributed by atoms with E-state index in [1.54, 1.807) is 0 Å². The van der Waals surface area contributed by atoms with Gasteiger partial charge in [-0.1, -0.05) is 0 Å². The van der Waals surface area contributed by atoms with Crippen molar-refractivity contribution in [1.29, 1.82) is 0 Å². The van der Waals surface area contributed by atoms with Gasteiger partial charge in [-0.15, -0.1) is 0 Å². The molecule has 0 aromatic heterocycles. The van der Waals surface area contributed by atoms with Gasteiger partial charge in [-0.25, -0.2) is 0 Å². The number of rotatable bonds is 4. The maximum atomic E-state index is 11.1. The van der Waals surface area contributed by atoms with Crippen molar-refractivity contribution in [1.82, 2.24) is 5.32 Å². The Labute approximate surface area is 143 Å². The number of aliphatic hydroxyl groups excluding tert-OH is 6. The van der Waals surface area contributed by atoms with Crippen LogP contribution in [0.3, 0.4) is 0 Å². The Kier molecular flexibility index (Phi) is 6.70. The molecule has 0 aromatic rings. The second-order valence-corrected chi connectivity index (χ2v) is 6.29. The predicted octanol–water partition coefficient (Wildman–Crippen LogP) is -4.23. The molecule has 2 aliphatic rings. The van der Waals surface area contributed by atoms with Crippen molar-refractivity contribution in [2.24, 2.45) is 0 Å². The lowest BCUT2D eigenvalue weighted by molar-refractivity contribution is -0.313. The molecule has 0 aliphatic carbocycles. The molecular formula is C14H25NO10. The third-order valence-corrected chi connectivity index (χ3v) is 4.32. The Morgan fingerprint density at radius 1 is 0.960 bits per heavy atom. The molecule has 11 heteroatoms. The fourth-order valence-electron chi connectivity index (χ4n) is 2.82. The van der Waals surface area contributed by atoms with E-state index in [4.69, 9.17) is 14.2 Å². The average molecular weight is 367 g/mol. The summed E-state index contributed by atoms with van der Waals surface area (Å²) in [7, 11) is 0. The number of aliphatic hydroxyl groups is 6. The van der Waals surface area contributed by atoms with Crippen molar-refractivity contribution in [2.45, 2.75) is 75.2 Å². The number of carbonyl (C=O) groups excluding carboxylic acids is 1. The van der Waals surface area contributed by atoms with E-state index in [0.29, 0.717) is 0 Å². The molecule has 2 saturated heterocycles. The highest BCUT2D eigenvalue weighted by Crippen LogP contribution is 2.24. The van der Waals surface area contributed by atoms with Crippen LogP contribution in [0.4, 0.5) is 0 Å². The van der Waals surface area contributed by atoms with Crippen LogP contribution in [0.15, 0.2) is 0 Å². The zero-order chi connectivity index (χ0) is 18.9. The highest BCUT2D eigenvalue weighted by atomic mass is 16.7. The maximum absolute atomic E-state index is 11.1. The van der Waals surface area contributed by atoms with E-state index in [9.17, 15) is 35.4 Å². The maximum Gasteiger partial charge on any atom is 0.217 e. The summed E-state index contributed by atoms with van der Waals surface area (Å²) in [4.78, 5) is 11.1. The zero-order valence-corrected chi connectivity index (χ0v) is 13.8. The summed E-state index contributed by atoms with van der Waals surface area (Å²) in [5, 5.41) is 61.4. The van der Waals surface area contributed by atoms with Crippen molar-refractivity contribution in [3.8, 4) is 0 Å². The molecule has 2 rings (SSSR count). The van der Waals surface area contributed by atoms with Crippen LogP contribution in [0.5, 0.6) is 0 Å². The summed E-state index contributed by atoms with van der Waals surface area (Å²) in [5.74, 6) is -0.520. The van der Waals surface area contributed by atoms with Gasteiger partial charge in [-0.2, -0.15) is 0 Å². The Hall–Kier alpha value is -0.890. The van der Waals surface area contributed by atoms with Gasteiger partial charge in [0.2, 0.25) is 5.91 Å². The van der Waals surface area contributed by atoms with Gasteiger partial charge in [0.05, 0.1) is 12.7 Å². The van der Waals surface area contributed by atoms with Crippen molar-refractivity contribution >= 4 is 5.91 Å². The number of amides is 1. The monoisotopic (exact) mass is 367 g/mol. The first-order chi connectivity index (χ1) is 11.6. The number of hydrogen-bond acceptors (Lipinski definition) is 10. The van der Waals surface area contributed by atoms with E-state index in [1.807, 2.05) is 0 Å². The first kappa shape index (κ1) is 20.4. The number of carbonyl (C=O) groups is 1. The Morgan fingerprint density at radius 3 is 2.20 bits per heavy atom. The number of hydrogen-bond donors (Lipinski definition) is 7. The summed E-state index contributed by atoms with van der Waals surface area (Å²) in [6.07, 6.45) is -12.2. The van der Waals surface area contributed by atoms with E-state index in [1.165, 1.54) is 13.8 Å². The number of nitrogens with one attached hydrogen (secondary N) is 1. The van der Waals surface area contributed by atoms with Gasteiger partial charge in [0.25, 0.3) is 0 Å². The van der Waals surface area contributed by atoms with Crippen molar-refractivity contribution in [3.05, 3.63) is 0 Å². The number of ether oxygens (including phenoxy) is 3. The fraction of sp³-hybridized carbons (Fsp3) is 0.929. The van der Waals surface area contributed by atoms with E-state index in [2.05, 4.69) is 5.32 Å².